The lowest BCUT2D eigenvalue weighted by molar-refractivity contribution is -0.384. The van der Waals surface area contributed by atoms with E-state index in [1.807, 2.05) is 9.47 Å². The number of H-pyrrole nitrogens is 1. The number of aromatic amines is 1. The molecule has 0 fully saturated rings. The minimum atomic E-state index is -0.531. The van der Waals surface area contributed by atoms with Gasteiger partial charge in [-0.1, -0.05) is 0 Å². The summed E-state index contributed by atoms with van der Waals surface area (Å²) < 4.78 is 1.94. The largest absolute Gasteiger partial charge is 0.353 e. The van der Waals surface area contributed by atoms with Gasteiger partial charge in [0.1, 0.15) is 12.2 Å². The number of rotatable bonds is 4. The van der Waals surface area contributed by atoms with Crippen LogP contribution >= 0.6 is 0 Å². The fraction of sp³-hybridized carbons (Fsp3) is 0.364. The van der Waals surface area contributed by atoms with Gasteiger partial charge < -0.3 is 9.55 Å². The molecule has 0 unspecified atom stereocenters. The summed E-state index contributed by atoms with van der Waals surface area (Å²) in [6.07, 6.45) is 2.89. The summed E-state index contributed by atoms with van der Waals surface area (Å²) in [6.45, 7) is 2.21. The Kier molecular flexibility index (Phi) is 3.03. The third-order valence-corrected chi connectivity index (χ3v) is 3.26. The highest BCUT2D eigenvalue weighted by Gasteiger charge is 2.21. The molecule has 0 saturated heterocycles. The first kappa shape index (κ1) is 12.5. The monoisotopic (exact) mass is 276 g/mol. The summed E-state index contributed by atoms with van der Waals surface area (Å²) in [4.78, 5) is 26.7. The van der Waals surface area contributed by atoms with E-state index >= 15 is 0 Å². The Bertz CT molecular complexity index is 661. The summed E-state index contributed by atoms with van der Waals surface area (Å²) in [7, 11) is 0. The van der Waals surface area contributed by atoms with E-state index in [2.05, 4.69) is 15.2 Å². The van der Waals surface area contributed by atoms with Crippen molar-refractivity contribution in [3.05, 3.63) is 40.2 Å². The Hall–Kier alpha value is -2.55. The van der Waals surface area contributed by atoms with Crippen LogP contribution in [0.25, 0.3) is 0 Å². The van der Waals surface area contributed by atoms with Crippen LogP contribution in [0.1, 0.15) is 16.3 Å². The normalized spacial score (nSPS) is 15.0. The van der Waals surface area contributed by atoms with Crippen LogP contribution in [-0.2, 0) is 13.1 Å². The topological polar surface area (TPSA) is 110 Å². The fourth-order valence-electron chi connectivity index (χ4n) is 2.19. The number of nitro groups is 1. The second-order valence-electron chi connectivity index (χ2n) is 4.60. The third kappa shape index (κ3) is 2.30. The van der Waals surface area contributed by atoms with Crippen molar-refractivity contribution in [3.63, 3.8) is 0 Å². The van der Waals surface area contributed by atoms with Crippen LogP contribution in [0.2, 0.25) is 0 Å². The molecule has 0 aliphatic carbocycles. The van der Waals surface area contributed by atoms with Crippen molar-refractivity contribution in [2.75, 3.05) is 13.1 Å². The molecule has 0 radical (unpaired) electrons. The van der Waals surface area contributed by atoms with Gasteiger partial charge in [-0.3, -0.25) is 19.8 Å². The van der Waals surface area contributed by atoms with Crippen molar-refractivity contribution < 1.29 is 9.72 Å². The number of hydrogen-bond donors (Lipinski definition) is 1. The molecule has 0 spiro atoms. The quantitative estimate of drug-likeness (QED) is 0.485. The maximum Gasteiger partial charge on any atom is 0.287 e. The van der Waals surface area contributed by atoms with E-state index in [0.717, 1.165) is 18.9 Å². The molecule has 2 aromatic rings. The Balaban J connectivity index is 1.66. The molecule has 0 saturated carbocycles. The molecule has 1 aliphatic heterocycles. The van der Waals surface area contributed by atoms with E-state index in [1.165, 1.54) is 12.3 Å². The summed E-state index contributed by atoms with van der Waals surface area (Å²) in [5.41, 5.74) is 0.149. The Morgan fingerprint density at radius 2 is 2.35 bits per heavy atom. The number of fused-ring (bicyclic) bond motifs is 1. The van der Waals surface area contributed by atoms with Crippen molar-refractivity contribution in [3.8, 4) is 0 Å². The van der Waals surface area contributed by atoms with Crippen LogP contribution < -0.4 is 0 Å². The van der Waals surface area contributed by atoms with Gasteiger partial charge in [0, 0.05) is 19.2 Å². The molecule has 3 rings (SSSR count). The second kappa shape index (κ2) is 4.85. The van der Waals surface area contributed by atoms with Crippen molar-refractivity contribution in [1.82, 2.24) is 24.6 Å². The summed E-state index contributed by atoms with van der Waals surface area (Å²) in [6, 6.07) is 1.26. The minimum absolute atomic E-state index is 0.105. The number of aromatic nitrogens is 4. The molecule has 1 aliphatic rings. The maximum absolute atomic E-state index is 12.1. The zero-order valence-electron chi connectivity index (χ0n) is 10.5. The highest BCUT2D eigenvalue weighted by molar-refractivity contribution is 5.96. The number of ketones is 1. The molecule has 1 N–H and O–H groups in total. The third-order valence-electron chi connectivity index (χ3n) is 3.26. The summed E-state index contributed by atoms with van der Waals surface area (Å²) in [5, 5.41) is 18.4. The molecule has 0 aromatic carbocycles. The molecule has 9 heteroatoms. The Morgan fingerprint density at radius 3 is 3.10 bits per heavy atom. The lowest BCUT2D eigenvalue weighted by Crippen LogP contribution is -2.37. The van der Waals surface area contributed by atoms with Crippen LogP contribution in [0.15, 0.2) is 18.6 Å². The fourth-order valence-corrected chi connectivity index (χ4v) is 2.19. The number of carbonyl (C=O) groups is 1. The van der Waals surface area contributed by atoms with Crippen LogP contribution in [0, 0.1) is 10.1 Å². The summed E-state index contributed by atoms with van der Waals surface area (Å²) >= 11 is 0. The number of hydrogen-bond acceptors (Lipinski definition) is 6. The van der Waals surface area contributed by atoms with Gasteiger partial charge in [0.05, 0.1) is 29.9 Å². The van der Waals surface area contributed by atoms with Crippen molar-refractivity contribution in [2.45, 2.75) is 13.1 Å². The first-order valence-electron chi connectivity index (χ1n) is 6.08. The molecular weight excluding hydrogens is 264 g/mol. The van der Waals surface area contributed by atoms with Gasteiger partial charge in [-0.15, -0.1) is 10.2 Å². The highest BCUT2D eigenvalue weighted by Crippen LogP contribution is 2.14. The standard InChI is InChI=1S/C11H12N6O3/c18-10(9-3-8(4-12-9)17(19)20)5-15-1-2-16-7-13-14-11(16)6-15/h3-4,7,12H,1-2,5-6H2. The molecule has 0 amide bonds. The number of nitrogens with one attached hydrogen (secondary N) is 1. The van der Waals surface area contributed by atoms with Crippen LogP contribution in [0.4, 0.5) is 5.69 Å². The average molecular weight is 276 g/mol. The molecule has 20 heavy (non-hydrogen) atoms. The van der Waals surface area contributed by atoms with Crippen LogP contribution in [-0.4, -0.2) is 48.4 Å². The zero-order chi connectivity index (χ0) is 14.1. The van der Waals surface area contributed by atoms with Crippen molar-refractivity contribution in [2.24, 2.45) is 0 Å². The van der Waals surface area contributed by atoms with Gasteiger partial charge >= 0.3 is 0 Å². The number of carbonyl (C=O) groups excluding carboxylic acids is 1. The van der Waals surface area contributed by atoms with Crippen molar-refractivity contribution in [1.29, 1.82) is 0 Å². The molecule has 0 atom stereocenters. The van der Waals surface area contributed by atoms with E-state index in [9.17, 15) is 14.9 Å². The lowest BCUT2D eigenvalue weighted by Gasteiger charge is -2.25. The second-order valence-corrected chi connectivity index (χ2v) is 4.60. The predicted molar refractivity (Wildman–Crippen MR) is 67.1 cm³/mol. The Morgan fingerprint density at radius 1 is 1.50 bits per heavy atom. The number of nitrogens with zero attached hydrogens (tertiary/aromatic N) is 5. The molecular formula is C11H12N6O3. The van der Waals surface area contributed by atoms with E-state index in [-0.39, 0.29) is 23.7 Å². The van der Waals surface area contributed by atoms with Gasteiger partial charge in [-0.25, -0.2) is 0 Å². The van der Waals surface area contributed by atoms with Gasteiger partial charge in [0.25, 0.3) is 5.69 Å². The first-order valence-corrected chi connectivity index (χ1v) is 6.08. The van der Waals surface area contributed by atoms with Gasteiger partial charge in [0.15, 0.2) is 5.78 Å². The highest BCUT2D eigenvalue weighted by atomic mass is 16.6. The SMILES string of the molecule is O=C(CN1CCn2cnnc2C1)c1cc([N+](=O)[O-])c[nH]1. The zero-order valence-corrected chi connectivity index (χ0v) is 10.5. The van der Waals surface area contributed by atoms with Gasteiger partial charge in [0.2, 0.25) is 0 Å². The van der Waals surface area contributed by atoms with Gasteiger partial charge in [-0.05, 0) is 0 Å². The van der Waals surface area contributed by atoms with E-state index in [0.29, 0.717) is 6.54 Å². The maximum atomic E-state index is 12.1. The minimum Gasteiger partial charge on any atom is -0.353 e. The molecule has 0 bridgehead atoms. The smallest absolute Gasteiger partial charge is 0.287 e. The first-order chi connectivity index (χ1) is 9.63. The predicted octanol–water partition coefficient (Wildman–Crippen LogP) is 0.213. The number of Topliss-reactive ketones (excluding diaryl/α,β-unsaturated/α-hetero) is 1. The molecule has 2 aromatic heterocycles. The Labute approximate surface area is 113 Å². The lowest BCUT2D eigenvalue weighted by atomic mass is 10.2. The summed E-state index contributed by atoms with van der Waals surface area (Å²) in [5.74, 6) is 0.646. The van der Waals surface area contributed by atoms with E-state index in [1.54, 1.807) is 6.33 Å². The van der Waals surface area contributed by atoms with Crippen molar-refractivity contribution >= 4 is 11.5 Å². The van der Waals surface area contributed by atoms with Crippen LogP contribution in [0.3, 0.4) is 0 Å². The molecule has 3 heterocycles. The average Bonchev–Trinajstić information content (AvgIpc) is 3.07. The molecule has 104 valence electrons. The molecule has 9 nitrogen and oxygen atoms in total. The van der Waals surface area contributed by atoms with E-state index in [4.69, 9.17) is 0 Å². The van der Waals surface area contributed by atoms with Gasteiger partial charge in [-0.2, -0.15) is 0 Å². The van der Waals surface area contributed by atoms with Crippen LogP contribution in [0.5, 0.6) is 0 Å². The van der Waals surface area contributed by atoms with E-state index < -0.39 is 4.92 Å².